The summed E-state index contributed by atoms with van der Waals surface area (Å²) < 4.78 is 27.4. The maximum Gasteiger partial charge on any atom is 0.126 e. The second kappa shape index (κ2) is 13.7. The molecule has 6 nitrogen and oxygen atoms in total. The molecule has 1 aliphatic carbocycles. The van der Waals surface area contributed by atoms with E-state index in [1.54, 1.807) is 7.11 Å². The number of morpholine rings is 1. The number of ether oxygens (including phenoxy) is 2. The average molecular weight is 542 g/mol. The number of aliphatic hydroxyl groups is 1. The van der Waals surface area contributed by atoms with E-state index in [2.05, 4.69) is 14.8 Å². The van der Waals surface area contributed by atoms with E-state index >= 15 is 4.39 Å². The van der Waals surface area contributed by atoms with Crippen molar-refractivity contribution in [1.82, 2.24) is 14.8 Å². The fraction of sp³-hybridized carbons (Fsp3) is 0.719. The van der Waals surface area contributed by atoms with Crippen molar-refractivity contribution in [2.45, 2.75) is 76.9 Å². The van der Waals surface area contributed by atoms with Crippen molar-refractivity contribution in [2.75, 3.05) is 59.7 Å². The minimum atomic E-state index is -1.12. The van der Waals surface area contributed by atoms with E-state index in [4.69, 9.17) is 9.47 Å². The van der Waals surface area contributed by atoms with Crippen LogP contribution in [0.5, 0.6) is 5.75 Å². The van der Waals surface area contributed by atoms with Crippen molar-refractivity contribution >= 4 is 10.9 Å². The molecule has 5 rings (SSSR count). The van der Waals surface area contributed by atoms with Crippen LogP contribution in [0.3, 0.4) is 0 Å². The number of rotatable bonds is 11. The smallest absolute Gasteiger partial charge is 0.126 e. The molecule has 0 spiro atoms. The van der Waals surface area contributed by atoms with E-state index in [-0.39, 0.29) is 12.0 Å². The summed E-state index contributed by atoms with van der Waals surface area (Å²) >= 11 is 0. The summed E-state index contributed by atoms with van der Waals surface area (Å²) in [6.45, 7) is 7.12. The van der Waals surface area contributed by atoms with E-state index in [0.29, 0.717) is 38.3 Å². The summed E-state index contributed by atoms with van der Waals surface area (Å²) in [5, 5.41) is 11.3. The molecule has 0 radical (unpaired) electrons. The molecule has 0 bridgehead atoms. The van der Waals surface area contributed by atoms with Gasteiger partial charge in [0.25, 0.3) is 0 Å². The number of benzene rings is 1. The molecule has 216 valence electrons. The van der Waals surface area contributed by atoms with Gasteiger partial charge in [0.1, 0.15) is 11.9 Å². The Morgan fingerprint density at radius 1 is 1.10 bits per heavy atom. The molecule has 2 aliphatic heterocycles. The minimum absolute atomic E-state index is 0.141. The van der Waals surface area contributed by atoms with E-state index in [1.165, 1.54) is 45.1 Å². The Morgan fingerprint density at radius 2 is 1.87 bits per heavy atom. The quantitative estimate of drug-likeness (QED) is 0.382. The standard InChI is InChI=1S/C32H48FN3O3/c1-38-27-7-8-30-28(21-27)31(26(22-34-30)23-36-17-19-39-20-18-36)29(33)9-11-32(24-37)12-15-35(16-13-32)14-10-25-5-3-2-4-6-25/h7-8,21-22,25,29,37H,2-6,9-20,23-24H2,1H3. The van der Waals surface area contributed by atoms with Crippen molar-refractivity contribution in [3.05, 3.63) is 35.5 Å². The van der Waals surface area contributed by atoms with Gasteiger partial charge in [-0.25, -0.2) is 4.39 Å². The lowest BCUT2D eigenvalue weighted by molar-refractivity contribution is 0.0276. The third-order valence-corrected chi connectivity index (χ3v) is 9.77. The molecular formula is C32H48FN3O3. The van der Waals surface area contributed by atoms with Crippen molar-refractivity contribution in [1.29, 1.82) is 0 Å². The van der Waals surface area contributed by atoms with Crippen molar-refractivity contribution in [3.63, 3.8) is 0 Å². The van der Waals surface area contributed by atoms with E-state index in [0.717, 1.165) is 67.0 Å². The second-order valence-electron chi connectivity index (χ2n) is 12.3. The van der Waals surface area contributed by atoms with Gasteiger partial charge in [-0.1, -0.05) is 32.1 Å². The zero-order chi connectivity index (χ0) is 27.1. The number of halogens is 1. The molecule has 1 N–H and O–H groups in total. The lowest BCUT2D eigenvalue weighted by atomic mass is 9.74. The summed E-state index contributed by atoms with van der Waals surface area (Å²) in [4.78, 5) is 9.58. The predicted molar refractivity (Wildman–Crippen MR) is 154 cm³/mol. The van der Waals surface area contributed by atoms with Gasteiger partial charge < -0.3 is 19.5 Å². The number of aromatic nitrogens is 1. The SMILES string of the molecule is COc1ccc2ncc(CN3CCOCC3)c(C(F)CCC3(CO)CCN(CCC4CCCCC4)CC3)c2c1. The molecule has 1 aromatic heterocycles. The number of hydrogen-bond acceptors (Lipinski definition) is 6. The van der Waals surface area contributed by atoms with Crippen LogP contribution in [-0.4, -0.2) is 79.5 Å². The minimum Gasteiger partial charge on any atom is -0.497 e. The number of alkyl halides is 1. The van der Waals surface area contributed by atoms with Gasteiger partial charge in [0.05, 0.1) is 25.8 Å². The zero-order valence-corrected chi connectivity index (χ0v) is 23.9. The molecule has 3 fully saturated rings. The summed E-state index contributed by atoms with van der Waals surface area (Å²) in [5.41, 5.74) is 2.29. The number of pyridine rings is 1. The average Bonchev–Trinajstić information content (AvgIpc) is 3.00. The topological polar surface area (TPSA) is 58.1 Å². The largest absolute Gasteiger partial charge is 0.497 e. The number of hydrogen-bond donors (Lipinski definition) is 1. The maximum absolute atomic E-state index is 16.4. The van der Waals surface area contributed by atoms with Gasteiger partial charge in [-0.2, -0.15) is 0 Å². The molecule has 2 aromatic rings. The highest BCUT2D eigenvalue weighted by molar-refractivity contribution is 5.85. The summed E-state index contributed by atoms with van der Waals surface area (Å²) in [5.74, 6) is 1.62. The molecule has 7 heteroatoms. The van der Waals surface area contributed by atoms with Crippen LogP contribution in [0, 0.1) is 11.3 Å². The van der Waals surface area contributed by atoms with E-state index in [9.17, 15) is 5.11 Å². The van der Waals surface area contributed by atoms with Crippen LogP contribution in [0.25, 0.3) is 10.9 Å². The van der Waals surface area contributed by atoms with Crippen LogP contribution < -0.4 is 4.74 Å². The zero-order valence-electron chi connectivity index (χ0n) is 23.9. The highest BCUT2D eigenvalue weighted by Gasteiger charge is 2.35. The normalized spacial score (nSPS) is 22.2. The number of aliphatic hydroxyl groups excluding tert-OH is 1. The molecule has 1 atom stereocenters. The number of fused-ring (bicyclic) bond motifs is 1. The van der Waals surface area contributed by atoms with Gasteiger partial charge >= 0.3 is 0 Å². The first-order chi connectivity index (χ1) is 19.1. The Labute approximate surface area is 233 Å². The molecule has 3 heterocycles. The molecule has 39 heavy (non-hydrogen) atoms. The lowest BCUT2D eigenvalue weighted by Crippen LogP contribution is -2.42. The fourth-order valence-corrected chi connectivity index (χ4v) is 7.01. The molecule has 1 unspecified atom stereocenters. The predicted octanol–water partition coefficient (Wildman–Crippen LogP) is 5.91. The van der Waals surface area contributed by atoms with Crippen molar-refractivity contribution in [3.8, 4) is 5.75 Å². The van der Waals surface area contributed by atoms with Gasteiger partial charge in [-0.15, -0.1) is 0 Å². The Bertz CT molecular complexity index is 1050. The number of piperidine rings is 1. The Morgan fingerprint density at radius 3 is 2.59 bits per heavy atom. The van der Waals surface area contributed by atoms with Crippen molar-refractivity contribution in [2.24, 2.45) is 11.3 Å². The molecule has 2 saturated heterocycles. The van der Waals surface area contributed by atoms with Crippen LogP contribution in [0.1, 0.15) is 81.5 Å². The van der Waals surface area contributed by atoms with Gasteiger partial charge in [0, 0.05) is 43.4 Å². The second-order valence-corrected chi connectivity index (χ2v) is 12.3. The van der Waals surface area contributed by atoms with E-state index < -0.39 is 6.17 Å². The molecule has 0 amide bonds. The maximum atomic E-state index is 16.4. The first-order valence-corrected chi connectivity index (χ1v) is 15.3. The van der Waals surface area contributed by atoms with Crippen LogP contribution >= 0.6 is 0 Å². The first kappa shape index (κ1) is 28.7. The monoisotopic (exact) mass is 541 g/mol. The van der Waals surface area contributed by atoms with Gasteiger partial charge in [0.15, 0.2) is 0 Å². The first-order valence-electron chi connectivity index (χ1n) is 15.3. The lowest BCUT2D eigenvalue weighted by Gasteiger charge is -2.41. The summed E-state index contributed by atoms with van der Waals surface area (Å²) in [6, 6.07) is 5.73. The van der Waals surface area contributed by atoms with E-state index in [1.807, 2.05) is 24.4 Å². The Kier molecular flexibility index (Phi) is 10.1. The number of likely N-dealkylation sites (tertiary alicyclic amines) is 1. The van der Waals surface area contributed by atoms with Crippen LogP contribution in [0.4, 0.5) is 4.39 Å². The van der Waals surface area contributed by atoms with Gasteiger partial charge in [0.2, 0.25) is 0 Å². The third-order valence-electron chi connectivity index (χ3n) is 9.77. The third kappa shape index (κ3) is 7.29. The number of nitrogens with zero attached hydrogens (tertiary/aromatic N) is 3. The van der Waals surface area contributed by atoms with Crippen LogP contribution in [0.2, 0.25) is 0 Å². The fourth-order valence-electron chi connectivity index (χ4n) is 7.01. The van der Waals surface area contributed by atoms with Crippen molar-refractivity contribution < 1.29 is 19.0 Å². The summed E-state index contributed by atoms with van der Waals surface area (Å²) in [7, 11) is 1.64. The number of methoxy groups -OCH3 is 1. The molecule has 1 saturated carbocycles. The molecule has 1 aromatic carbocycles. The summed E-state index contributed by atoms with van der Waals surface area (Å²) in [6.07, 6.45) is 12.1. The van der Waals surface area contributed by atoms with Gasteiger partial charge in [-0.05, 0) is 86.8 Å². The Hall–Kier alpha value is -1.80. The highest BCUT2D eigenvalue weighted by Crippen LogP contribution is 2.41. The van der Waals surface area contributed by atoms with Crippen LogP contribution in [0.15, 0.2) is 24.4 Å². The highest BCUT2D eigenvalue weighted by atomic mass is 19.1. The van der Waals surface area contributed by atoms with Gasteiger partial charge in [-0.3, -0.25) is 9.88 Å². The molecular weight excluding hydrogens is 493 g/mol. The Balaban J connectivity index is 1.25. The van der Waals surface area contributed by atoms with Crippen LogP contribution in [-0.2, 0) is 11.3 Å². The molecule has 3 aliphatic rings.